The van der Waals surface area contributed by atoms with Crippen molar-refractivity contribution in [3.63, 3.8) is 0 Å². The molecule has 3 nitrogen and oxygen atoms in total. The molecule has 1 atom stereocenters. The summed E-state index contributed by atoms with van der Waals surface area (Å²) in [6.07, 6.45) is 3.35. The normalized spacial score (nSPS) is 18.8. The lowest BCUT2D eigenvalue weighted by Crippen LogP contribution is -2.38. The van der Waals surface area contributed by atoms with Gasteiger partial charge < -0.3 is 5.43 Å². The molecule has 1 aliphatic rings. The topological polar surface area (TPSA) is 27.3 Å². The zero-order valence-electron chi connectivity index (χ0n) is 9.09. The molecular weight excluding hydrogens is 162 g/mol. The Morgan fingerprint density at radius 3 is 2.62 bits per heavy atom. The van der Waals surface area contributed by atoms with Crippen molar-refractivity contribution in [1.29, 1.82) is 0 Å². The fourth-order valence-electron chi connectivity index (χ4n) is 1.33. The van der Waals surface area contributed by atoms with Crippen LogP contribution in [0.2, 0.25) is 0 Å². The maximum absolute atomic E-state index is 3.20. The van der Waals surface area contributed by atoms with E-state index in [0.29, 0.717) is 11.8 Å². The summed E-state index contributed by atoms with van der Waals surface area (Å²) in [5.74, 6) is 1.30. The van der Waals surface area contributed by atoms with Crippen molar-refractivity contribution in [2.75, 3.05) is 6.54 Å². The Morgan fingerprint density at radius 1 is 1.38 bits per heavy atom. The van der Waals surface area contributed by atoms with Gasteiger partial charge in [0.05, 0.1) is 0 Å². The first kappa shape index (κ1) is 10.4. The van der Waals surface area contributed by atoms with Gasteiger partial charge >= 0.3 is 0 Å². The SMILES string of the molecule is CC[C@H](C)C1=CN(CC(C)C)NN1. The maximum Gasteiger partial charge on any atom is 0.0481 e. The zero-order valence-corrected chi connectivity index (χ0v) is 9.09. The molecule has 0 aromatic rings. The van der Waals surface area contributed by atoms with Gasteiger partial charge in [-0.3, -0.25) is 5.01 Å². The summed E-state index contributed by atoms with van der Waals surface area (Å²) in [6.45, 7) is 9.93. The van der Waals surface area contributed by atoms with E-state index in [-0.39, 0.29) is 0 Å². The molecule has 0 spiro atoms. The molecule has 1 heterocycles. The number of hydrazine groups is 2. The lowest BCUT2D eigenvalue weighted by atomic mass is 10.1. The van der Waals surface area contributed by atoms with Crippen LogP contribution in [-0.2, 0) is 0 Å². The molecule has 0 radical (unpaired) electrons. The van der Waals surface area contributed by atoms with Crippen LogP contribution in [0.3, 0.4) is 0 Å². The fourth-order valence-corrected chi connectivity index (χ4v) is 1.33. The quantitative estimate of drug-likeness (QED) is 0.696. The second kappa shape index (κ2) is 4.51. The van der Waals surface area contributed by atoms with Crippen LogP contribution in [-0.4, -0.2) is 11.6 Å². The minimum absolute atomic E-state index is 0.615. The molecular formula is C10H21N3. The van der Waals surface area contributed by atoms with Crippen molar-refractivity contribution < 1.29 is 0 Å². The summed E-state index contributed by atoms with van der Waals surface area (Å²) < 4.78 is 0. The number of nitrogens with one attached hydrogen (secondary N) is 2. The van der Waals surface area contributed by atoms with E-state index >= 15 is 0 Å². The highest BCUT2D eigenvalue weighted by molar-refractivity contribution is 5.04. The minimum atomic E-state index is 0.615. The summed E-state index contributed by atoms with van der Waals surface area (Å²) in [6, 6.07) is 0. The van der Waals surface area contributed by atoms with Crippen LogP contribution in [0.15, 0.2) is 11.9 Å². The first-order chi connectivity index (χ1) is 6.13. The van der Waals surface area contributed by atoms with E-state index in [4.69, 9.17) is 0 Å². The Kier molecular flexibility index (Phi) is 3.60. The molecule has 3 heteroatoms. The Balaban J connectivity index is 2.43. The summed E-state index contributed by atoms with van der Waals surface area (Å²) in [5.41, 5.74) is 7.64. The van der Waals surface area contributed by atoms with Crippen molar-refractivity contribution in [1.82, 2.24) is 16.0 Å². The highest BCUT2D eigenvalue weighted by Crippen LogP contribution is 2.14. The van der Waals surface area contributed by atoms with E-state index in [1.54, 1.807) is 0 Å². The number of hydrogen-bond donors (Lipinski definition) is 2. The first-order valence-electron chi connectivity index (χ1n) is 5.13. The third-order valence-corrected chi connectivity index (χ3v) is 2.34. The average molecular weight is 183 g/mol. The van der Waals surface area contributed by atoms with E-state index in [1.807, 2.05) is 0 Å². The molecule has 0 bridgehead atoms. The molecule has 13 heavy (non-hydrogen) atoms. The zero-order chi connectivity index (χ0) is 9.84. The van der Waals surface area contributed by atoms with Gasteiger partial charge in [0.2, 0.25) is 0 Å². The lowest BCUT2D eigenvalue weighted by Gasteiger charge is -2.16. The largest absolute Gasteiger partial charge is 0.306 e. The smallest absolute Gasteiger partial charge is 0.0481 e. The van der Waals surface area contributed by atoms with Crippen LogP contribution in [0.25, 0.3) is 0 Å². The van der Waals surface area contributed by atoms with Gasteiger partial charge in [0.25, 0.3) is 0 Å². The van der Waals surface area contributed by atoms with Crippen molar-refractivity contribution in [3.8, 4) is 0 Å². The number of nitrogens with zero attached hydrogens (tertiary/aromatic N) is 1. The molecule has 2 N–H and O–H groups in total. The van der Waals surface area contributed by atoms with E-state index in [9.17, 15) is 0 Å². The van der Waals surface area contributed by atoms with E-state index in [2.05, 4.69) is 49.9 Å². The van der Waals surface area contributed by atoms with Gasteiger partial charge in [-0.1, -0.05) is 27.7 Å². The van der Waals surface area contributed by atoms with Crippen molar-refractivity contribution in [3.05, 3.63) is 11.9 Å². The number of hydrogen-bond acceptors (Lipinski definition) is 3. The summed E-state index contributed by atoms with van der Waals surface area (Å²) in [5, 5.41) is 2.12. The lowest BCUT2D eigenvalue weighted by molar-refractivity contribution is 0.241. The second-order valence-electron chi connectivity index (χ2n) is 4.18. The van der Waals surface area contributed by atoms with Crippen LogP contribution >= 0.6 is 0 Å². The molecule has 1 aliphatic heterocycles. The van der Waals surface area contributed by atoms with Crippen molar-refractivity contribution >= 4 is 0 Å². The summed E-state index contributed by atoms with van der Waals surface area (Å²) >= 11 is 0. The monoisotopic (exact) mass is 183 g/mol. The van der Waals surface area contributed by atoms with Gasteiger partial charge in [0.1, 0.15) is 0 Å². The molecule has 0 aromatic carbocycles. The number of allylic oxidation sites excluding steroid dienone is 1. The molecule has 0 fully saturated rings. The Morgan fingerprint density at radius 2 is 2.08 bits per heavy atom. The molecule has 0 amide bonds. The molecule has 0 aromatic heterocycles. The van der Waals surface area contributed by atoms with Crippen LogP contribution in [0, 0.1) is 11.8 Å². The Bertz CT molecular complexity index is 187. The Labute approximate surface area is 81.1 Å². The predicted octanol–water partition coefficient (Wildman–Crippen LogP) is 1.85. The van der Waals surface area contributed by atoms with Gasteiger partial charge in [0.15, 0.2) is 0 Å². The highest BCUT2D eigenvalue weighted by atomic mass is 15.7. The minimum Gasteiger partial charge on any atom is -0.306 e. The molecule has 0 unspecified atom stereocenters. The van der Waals surface area contributed by atoms with Gasteiger partial charge in [-0.2, -0.15) is 0 Å². The first-order valence-corrected chi connectivity index (χ1v) is 5.13. The van der Waals surface area contributed by atoms with Crippen LogP contribution in [0.5, 0.6) is 0 Å². The highest BCUT2D eigenvalue weighted by Gasteiger charge is 2.15. The third-order valence-electron chi connectivity index (χ3n) is 2.34. The van der Waals surface area contributed by atoms with Crippen LogP contribution in [0.1, 0.15) is 34.1 Å². The standard InChI is InChI=1S/C10H21N3/c1-5-9(4)10-7-13(12-11-10)6-8(2)3/h7-9,11-12H,5-6H2,1-4H3/t9-/m0/s1. The van der Waals surface area contributed by atoms with Crippen LogP contribution < -0.4 is 11.0 Å². The fraction of sp³-hybridized carbons (Fsp3) is 0.800. The maximum atomic E-state index is 3.20. The molecule has 76 valence electrons. The summed E-state index contributed by atoms with van der Waals surface area (Å²) in [7, 11) is 0. The van der Waals surface area contributed by atoms with E-state index in [1.165, 1.54) is 12.1 Å². The van der Waals surface area contributed by atoms with E-state index in [0.717, 1.165) is 6.54 Å². The molecule has 1 rings (SSSR count). The Hall–Kier alpha value is -0.700. The van der Waals surface area contributed by atoms with Gasteiger partial charge in [-0.15, -0.1) is 5.53 Å². The van der Waals surface area contributed by atoms with Crippen molar-refractivity contribution in [2.45, 2.75) is 34.1 Å². The van der Waals surface area contributed by atoms with Crippen LogP contribution in [0.4, 0.5) is 0 Å². The average Bonchev–Trinajstić information content (AvgIpc) is 2.50. The summed E-state index contributed by atoms with van der Waals surface area (Å²) in [4.78, 5) is 0. The number of rotatable bonds is 4. The van der Waals surface area contributed by atoms with E-state index < -0.39 is 0 Å². The molecule has 0 aliphatic carbocycles. The predicted molar refractivity (Wildman–Crippen MR) is 55.4 cm³/mol. The molecule has 0 saturated carbocycles. The molecule has 0 saturated heterocycles. The van der Waals surface area contributed by atoms with Gasteiger partial charge in [-0.25, -0.2) is 0 Å². The van der Waals surface area contributed by atoms with Crippen molar-refractivity contribution in [2.24, 2.45) is 11.8 Å². The van der Waals surface area contributed by atoms with Gasteiger partial charge in [0, 0.05) is 18.4 Å². The second-order valence-corrected chi connectivity index (χ2v) is 4.18. The van der Waals surface area contributed by atoms with Gasteiger partial charge in [-0.05, 0) is 18.3 Å². The third kappa shape index (κ3) is 2.92.